The van der Waals surface area contributed by atoms with Crippen LogP contribution in [0.4, 0.5) is 0 Å². The highest BCUT2D eigenvalue weighted by atomic mass is 16.1. The summed E-state index contributed by atoms with van der Waals surface area (Å²) in [6.07, 6.45) is 1.78. The van der Waals surface area contributed by atoms with Gasteiger partial charge in [-0.05, 0) is 17.5 Å². The van der Waals surface area contributed by atoms with Gasteiger partial charge >= 0.3 is 0 Å². The molecular weight excluding hydrogens is 222 g/mol. The van der Waals surface area contributed by atoms with E-state index < -0.39 is 0 Å². The zero-order valence-corrected chi connectivity index (χ0v) is 11.7. The van der Waals surface area contributed by atoms with Gasteiger partial charge in [0, 0.05) is 31.5 Å². The Labute approximate surface area is 110 Å². The molecular formula is C16H23NO. The van der Waals surface area contributed by atoms with Crippen molar-refractivity contribution in [2.75, 3.05) is 13.1 Å². The standard InChI is InChI=1S/C16H23NO/c1-16(2,3)15(18)9-11-17-10-8-13-6-4-5-7-14(13)12-17/h4-7H,8-12H2,1-3H3. The highest BCUT2D eigenvalue weighted by Gasteiger charge is 2.22. The molecule has 0 aliphatic carbocycles. The van der Waals surface area contributed by atoms with Gasteiger partial charge in [0.15, 0.2) is 0 Å². The van der Waals surface area contributed by atoms with Crippen LogP contribution in [-0.2, 0) is 17.8 Å². The van der Waals surface area contributed by atoms with Gasteiger partial charge in [-0.25, -0.2) is 0 Å². The molecule has 1 heterocycles. The Kier molecular flexibility index (Phi) is 3.86. The number of carbonyl (C=O) groups excluding carboxylic acids is 1. The molecule has 0 saturated heterocycles. The fourth-order valence-corrected chi connectivity index (χ4v) is 2.38. The average molecular weight is 245 g/mol. The van der Waals surface area contributed by atoms with E-state index in [9.17, 15) is 4.79 Å². The number of Topliss-reactive ketones (excluding diaryl/α,β-unsaturated/α-hetero) is 1. The Morgan fingerprint density at radius 1 is 1.22 bits per heavy atom. The second kappa shape index (κ2) is 5.23. The van der Waals surface area contributed by atoms with Crippen molar-refractivity contribution in [2.24, 2.45) is 5.41 Å². The molecule has 0 amide bonds. The third kappa shape index (κ3) is 3.20. The van der Waals surface area contributed by atoms with Crippen molar-refractivity contribution < 1.29 is 4.79 Å². The zero-order chi connectivity index (χ0) is 13.2. The van der Waals surface area contributed by atoms with E-state index in [0.29, 0.717) is 12.2 Å². The van der Waals surface area contributed by atoms with Crippen LogP contribution in [-0.4, -0.2) is 23.8 Å². The smallest absolute Gasteiger partial charge is 0.139 e. The summed E-state index contributed by atoms with van der Waals surface area (Å²) >= 11 is 0. The molecule has 0 atom stereocenters. The van der Waals surface area contributed by atoms with Crippen molar-refractivity contribution in [3.63, 3.8) is 0 Å². The van der Waals surface area contributed by atoms with Gasteiger partial charge in [0.05, 0.1) is 0 Å². The lowest BCUT2D eigenvalue weighted by Gasteiger charge is -2.29. The van der Waals surface area contributed by atoms with Gasteiger partial charge < -0.3 is 0 Å². The lowest BCUT2D eigenvalue weighted by atomic mass is 9.88. The van der Waals surface area contributed by atoms with E-state index in [0.717, 1.165) is 26.1 Å². The number of ketones is 1. The molecule has 0 spiro atoms. The number of hydrogen-bond acceptors (Lipinski definition) is 2. The summed E-state index contributed by atoms with van der Waals surface area (Å²) in [5, 5.41) is 0. The molecule has 1 aliphatic rings. The van der Waals surface area contributed by atoms with Crippen molar-refractivity contribution >= 4 is 5.78 Å². The summed E-state index contributed by atoms with van der Waals surface area (Å²) in [6.45, 7) is 8.97. The van der Waals surface area contributed by atoms with Gasteiger partial charge in [-0.2, -0.15) is 0 Å². The monoisotopic (exact) mass is 245 g/mol. The Morgan fingerprint density at radius 3 is 2.56 bits per heavy atom. The first-order valence-corrected chi connectivity index (χ1v) is 6.79. The summed E-state index contributed by atoms with van der Waals surface area (Å²) in [7, 11) is 0. The highest BCUT2D eigenvalue weighted by molar-refractivity contribution is 5.83. The molecule has 0 saturated carbocycles. The fourth-order valence-electron chi connectivity index (χ4n) is 2.38. The third-order valence-corrected chi connectivity index (χ3v) is 3.70. The first kappa shape index (κ1) is 13.3. The molecule has 1 aliphatic heterocycles. The average Bonchev–Trinajstić information content (AvgIpc) is 2.34. The van der Waals surface area contributed by atoms with E-state index in [1.54, 1.807) is 0 Å². The number of carbonyl (C=O) groups is 1. The Morgan fingerprint density at radius 2 is 1.89 bits per heavy atom. The summed E-state index contributed by atoms with van der Waals surface area (Å²) in [5.74, 6) is 0.362. The van der Waals surface area contributed by atoms with E-state index in [-0.39, 0.29) is 5.41 Å². The number of benzene rings is 1. The number of fused-ring (bicyclic) bond motifs is 1. The number of nitrogens with zero attached hydrogens (tertiary/aromatic N) is 1. The van der Waals surface area contributed by atoms with E-state index in [1.165, 1.54) is 11.1 Å². The minimum atomic E-state index is -0.201. The zero-order valence-electron chi connectivity index (χ0n) is 11.7. The molecule has 2 rings (SSSR count). The van der Waals surface area contributed by atoms with E-state index >= 15 is 0 Å². The van der Waals surface area contributed by atoms with Crippen molar-refractivity contribution in [1.82, 2.24) is 4.90 Å². The SMILES string of the molecule is CC(C)(C)C(=O)CCN1CCc2ccccc2C1. The molecule has 0 fully saturated rings. The molecule has 0 unspecified atom stereocenters. The molecule has 2 nitrogen and oxygen atoms in total. The Hall–Kier alpha value is -1.15. The third-order valence-electron chi connectivity index (χ3n) is 3.70. The molecule has 0 bridgehead atoms. The van der Waals surface area contributed by atoms with Crippen molar-refractivity contribution in [1.29, 1.82) is 0 Å². The Bertz CT molecular complexity index is 431. The van der Waals surface area contributed by atoms with Crippen LogP contribution in [0.1, 0.15) is 38.3 Å². The second-order valence-corrected chi connectivity index (χ2v) is 6.22. The minimum absolute atomic E-state index is 0.201. The van der Waals surface area contributed by atoms with Gasteiger partial charge in [-0.3, -0.25) is 9.69 Å². The van der Waals surface area contributed by atoms with E-state index in [2.05, 4.69) is 29.2 Å². The topological polar surface area (TPSA) is 20.3 Å². The second-order valence-electron chi connectivity index (χ2n) is 6.22. The summed E-state index contributed by atoms with van der Waals surface area (Å²) in [4.78, 5) is 14.3. The maximum absolute atomic E-state index is 11.9. The molecule has 0 radical (unpaired) electrons. The summed E-state index contributed by atoms with van der Waals surface area (Å²) in [5.41, 5.74) is 2.69. The molecule has 2 heteroatoms. The van der Waals surface area contributed by atoms with Crippen LogP contribution < -0.4 is 0 Å². The largest absolute Gasteiger partial charge is 0.299 e. The van der Waals surface area contributed by atoms with Gasteiger partial charge in [0.2, 0.25) is 0 Å². The van der Waals surface area contributed by atoms with Crippen molar-refractivity contribution in [3.05, 3.63) is 35.4 Å². The molecule has 0 N–H and O–H groups in total. The van der Waals surface area contributed by atoms with Crippen LogP contribution in [0.2, 0.25) is 0 Å². The number of hydrogen-bond donors (Lipinski definition) is 0. The quantitative estimate of drug-likeness (QED) is 0.815. The minimum Gasteiger partial charge on any atom is -0.299 e. The van der Waals surface area contributed by atoms with Crippen LogP contribution in [0.3, 0.4) is 0 Å². The molecule has 0 aromatic heterocycles. The normalized spacial score (nSPS) is 16.4. The Balaban J connectivity index is 1.89. The van der Waals surface area contributed by atoms with Crippen molar-refractivity contribution in [2.45, 2.75) is 40.2 Å². The van der Waals surface area contributed by atoms with E-state index in [4.69, 9.17) is 0 Å². The molecule has 1 aromatic rings. The van der Waals surface area contributed by atoms with Gasteiger partial charge in [-0.15, -0.1) is 0 Å². The van der Waals surface area contributed by atoms with Gasteiger partial charge in [-0.1, -0.05) is 45.0 Å². The maximum atomic E-state index is 11.9. The van der Waals surface area contributed by atoms with Gasteiger partial charge in [0.25, 0.3) is 0 Å². The van der Waals surface area contributed by atoms with Crippen LogP contribution in [0.5, 0.6) is 0 Å². The predicted molar refractivity (Wildman–Crippen MR) is 74.5 cm³/mol. The first-order chi connectivity index (χ1) is 8.47. The molecule has 1 aromatic carbocycles. The molecule has 98 valence electrons. The summed E-state index contributed by atoms with van der Waals surface area (Å²) in [6, 6.07) is 8.63. The van der Waals surface area contributed by atoms with Crippen LogP contribution in [0.15, 0.2) is 24.3 Å². The highest BCUT2D eigenvalue weighted by Crippen LogP contribution is 2.20. The summed E-state index contributed by atoms with van der Waals surface area (Å²) < 4.78 is 0. The lowest BCUT2D eigenvalue weighted by Crippen LogP contribution is -2.34. The fraction of sp³-hybridized carbons (Fsp3) is 0.562. The van der Waals surface area contributed by atoms with E-state index in [1.807, 2.05) is 20.8 Å². The first-order valence-electron chi connectivity index (χ1n) is 6.79. The lowest BCUT2D eigenvalue weighted by molar-refractivity contribution is -0.126. The van der Waals surface area contributed by atoms with Gasteiger partial charge in [0.1, 0.15) is 5.78 Å². The van der Waals surface area contributed by atoms with Crippen LogP contribution in [0.25, 0.3) is 0 Å². The predicted octanol–water partition coefficient (Wildman–Crippen LogP) is 3.05. The maximum Gasteiger partial charge on any atom is 0.139 e. The van der Waals surface area contributed by atoms with Crippen molar-refractivity contribution in [3.8, 4) is 0 Å². The number of rotatable bonds is 3. The van der Waals surface area contributed by atoms with Crippen LogP contribution >= 0.6 is 0 Å². The van der Waals surface area contributed by atoms with Crippen LogP contribution in [0, 0.1) is 5.41 Å². The molecule has 18 heavy (non-hydrogen) atoms.